The summed E-state index contributed by atoms with van der Waals surface area (Å²) in [4.78, 5) is 4.95. The van der Waals surface area contributed by atoms with Crippen molar-refractivity contribution >= 4 is 83.6 Å². The maximum absolute atomic E-state index is 7.15. The van der Waals surface area contributed by atoms with Crippen molar-refractivity contribution in [2.75, 3.05) is 9.80 Å². The highest BCUT2D eigenvalue weighted by molar-refractivity contribution is 6.19. The van der Waals surface area contributed by atoms with Crippen LogP contribution in [0.1, 0.15) is 133 Å². The van der Waals surface area contributed by atoms with Crippen molar-refractivity contribution in [3.05, 3.63) is 209 Å². The highest BCUT2D eigenvalue weighted by Crippen LogP contribution is 2.88. The van der Waals surface area contributed by atoms with Crippen LogP contribution in [0.2, 0.25) is 0 Å². The van der Waals surface area contributed by atoms with Crippen molar-refractivity contribution in [3.8, 4) is 11.1 Å². The van der Waals surface area contributed by atoms with Gasteiger partial charge in [0.2, 0.25) is 0 Å². The minimum absolute atomic E-state index is 0.0404. The first-order valence-electron chi connectivity index (χ1n) is 32.7. The van der Waals surface area contributed by atoms with E-state index in [-0.39, 0.29) is 16.2 Å². The molecule has 4 heteroatoms. The molecule has 12 unspecified atom stereocenters. The van der Waals surface area contributed by atoms with Crippen LogP contribution in [0, 0.1) is 58.7 Å². The van der Waals surface area contributed by atoms with Gasteiger partial charge in [-0.25, -0.2) is 0 Å². The Bertz CT molecular complexity index is 4650. The molecule has 8 fully saturated rings. The van der Waals surface area contributed by atoms with Gasteiger partial charge in [0.1, 0.15) is 11.2 Å². The van der Waals surface area contributed by atoms with Crippen molar-refractivity contribution in [1.29, 1.82) is 0 Å². The number of hydrogen-bond donors (Lipinski definition) is 0. The summed E-state index contributed by atoms with van der Waals surface area (Å²) in [5.74, 6) is 7.51. The second-order valence-electron chi connectivity index (χ2n) is 30.8. The minimum Gasteiger partial charge on any atom is -0.452 e. The Morgan fingerprint density at radius 2 is 1.01 bits per heavy atom. The first-order chi connectivity index (χ1) is 41.3. The van der Waals surface area contributed by atoms with Crippen molar-refractivity contribution in [2.45, 2.75) is 121 Å². The number of furan rings is 2. The summed E-state index contributed by atoms with van der Waals surface area (Å²) >= 11 is 0. The Morgan fingerprint density at radius 3 is 1.64 bits per heavy atom. The van der Waals surface area contributed by atoms with Gasteiger partial charge in [0.05, 0.1) is 0 Å². The van der Waals surface area contributed by atoms with Gasteiger partial charge in [0, 0.05) is 78.6 Å². The molecule has 6 bridgehead atoms. The van der Waals surface area contributed by atoms with Crippen LogP contribution in [0.5, 0.6) is 0 Å². The molecule has 0 amide bonds. The number of benzene rings is 8. The Kier molecular flexibility index (Phi) is 9.21. The minimum atomic E-state index is 0.0404. The van der Waals surface area contributed by atoms with Crippen molar-refractivity contribution in [1.82, 2.24) is 0 Å². The average molecular weight is 1110 g/mol. The highest BCUT2D eigenvalue weighted by atomic mass is 16.4. The van der Waals surface area contributed by atoms with Crippen LogP contribution >= 0.6 is 0 Å². The maximum atomic E-state index is 7.15. The topological polar surface area (TPSA) is 32.8 Å². The fourth-order valence-electron chi connectivity index (χ4n) is 22.4. The third-order valence-corrected chi connectivity index (χ3v) is 25.6. The number of fused-ring (bicyclic) bond motifs is 18. The molecule has 0 aliphatic heterocycles. The number of anilines is 6. The predicted octanol–water partition coefficient (Wildman–Crippen LogP) is 21.6. The summed E-state index contributed by atoms with van der Waals surface area (Å²) in [5.41, 5.74) is 24.7. The number of allylic oxidation sites excluding steroid dienone is 4. The van der Waals surface area contributed by atoms with Gasteiger partial charge in [-0.15, -0.1) is 0 Å². The van der Waals surface area contributed by atoms with Crippen LogP contribution in [0.25, 0.3) is 60.6 Å². The zero-order chi connectivity index (χ0) is 56.4. The average Bonchev–Trinajstić information content (AvgIpc) is 1.47. The number of nitrogens with zero attached hydrogens (tertiary/aromatic N) is 2. The summed E-state index contributed by atoms with van der Waals surface area (Å²) in [5, 5.41) is 4.31. The van der Waals surface area contributed by atoms with Crippen molar-refractivity contribution < 1.29 is 8.83 Å². The second kappa shape index (κ2) is 16.1. The van der Waals surface area contributed by atoms with Gasteiger partial charge in [0.25, 0.3) is 0 Å². The van der Waals surface area contributed by atoms with E-state index in [1.165, 1.54) is 97.0 Å². The lowest BCUT2D eigenvalue weighted by atomic mass is 9.33. The third-order valence-electron chi connectivity index (χ3n) is 25.6. The van der Waals surface area contributed by atoms with E-state index in [4.69, 9.17) is 8.83 Å². The normalized spacial score (nSPS) is 30.8. The standard InChI is InChI=1S/C81H74N2O2/c1-77(2,3)47-15-19-53(20-16-47)82(55-25-31-69-65(40-55)59-11-7-9-13-67(59)80(69)51-34-45-33-46(36-51)71(80)35-45)57-23-27-61-63-29-30-64-62-28-24-58(43-73(62)85-76(64)75(63)84-72(61)42-57)83(54-21-17-48(18-22-54)78(4,5)6)56-26-32-70-66(41-56)60-12-8-10-14-68(60)81(70)52-38-49-37-50-39-74(81)79(49,50)44-52/h7-13,15-32,40-43,45-46,49-52,68,71,74H,14,33-39,44H2,1-6H3. The molecule has 12 atom stereocenters. The first-order valence-corrected chi connectivity index (χ1v) is 32.7. The molecular weight excluding hydrogens is 1030 g/mol. The predicted molar refractivity (Wildman–Crippen MR) is 348 cm³/mol. The molecule has 11 aliphatic rings. The molecule has 21 rings (SSSR count). The van der Waals surface area contributed by atoms with E-state index in [9.17, 15) is 0 Å². The molecule has 85 heavy (non-hydrogen) atoms. The van der Waals surface area contributed by atoms with E-state index in [0.717, 1.165) is 114 Å². The molecule has 8 saturated carbocycles. The van der Waals surface area contributed by atoms with Crippen molar-refractivity contribution in [3.63, 3.8) is 0 Å². The molecule has 0 N–H and O–H groups in total. The van der Waals surface area contributed by atoms with E-state index < -0.39 is 0 Å². The smallest absolute Gasteiger partial charge is 0.178 e. The SMILES string of the molecule is CC(C)(C)c1ccc(N(c2ccc3c(c2)C2=CC=CCC2C32C3CC4CC5CC2C45C3)c2ccc3c(c2)oc2c3ccc3c4ccc(N(c5ccc(C(C)(C)C)cc5)c5ccc6c(c5)-c5ccccc5C65C6CC7CC(C6)C5C7)cc4oc32)cc1. The lowest BCUT2D eigenvalue weighted by Gasteiger charge is -2.71. The third kappa shape index (κ3) is 5.97. The summed E-state index contributed by atoms with van der Waals surface area (Å²) in [6.45, 7) is 13.8. The molecule has 0 radical (unpaired) electrons. The Balaban J connectivity index is 0.706. The molecule has 0 saturated heterocycles. The van der Waals surface area contributed by atoms with Gasteiger partial charge in [-0.3, -0.25) is 0 Å². The van der Waals surface area contributed by atoms with Gasteiger partial charge in [-0.05, 0) is 262 Å². The number of rotatable bonds is 6. The van der Waals surface area contributed by atoms with Crippen LogP contribution in [0.4, 0.5) is 34.1 Å². The zero-order valence-electron chi connectivity index (χ0n) is 50.0. The molecule has 8 aromatic carbocycles. The van der Waals surface area contributed by atoms with Gasteiger partial charge in [-0.1, -0.05) is 120 Å². The van der Waals surface area contributed by atoms with Crippen LogP contribution in [0.3, 0.4) is 0 Å². The summed E-state index contributed by atoms with van der Waals surface area (Å²) in [7, 11) is 0. The molecule has 420 valence electrons. The fourth-order valence-corrected chi connectivity index (χ4v) is 22.4. The Labute approximate surface area is 499 Å². The monoisotopic (exact) mass is 1110 g/mol. The van der Waals surface area contributed by atoms with Crippen LogP contribution in [-0.4, -0.2) is 0 Å². The van der Waals surface area contributed by atoms with E-state index in [1.807, 2.05) is 0 Å². The van der Waals surface area contributed by atoms with E-state index in [0.29, 0.717) is 16.7 Å². The first kappa shape index (κ1) is 48.7. The fraction of sp³-hybridized carbons (Fsp3) is 0.358. The quantitative estimate of drug-likeness (QED) is 0.166. The molecule has 2 aromatic heterocycles. The van der Waals surface area contributed by atoms with E-state index in [1.54, 1.807) is 22.3 Å². The zero-order valence-corrected chi connectivity index (χ0v) is 50.0. The van der Waals surface area contributed by atoms with Crippen LogP contribution in [-0.2, 0) is 21.7 Å². The van der Waals surface area contributed by atoms with E-state index in [2.05, 4.69) is 227 Å². The molecule has 3 spiro atoms. The lowest BCUT2D eigenvalue weighted by molar-refractivity contribution is -0.204. The van der Waals surface area contributed by atoms with Gasteiger partial charge >= 0.3 is 0 Å². The number of hydrogen-bond acceptors (Lipinski definition) is 4. The highest BCUT2D eigenvalue weighted by Gasteiger charge is 2.83. The molecule has 10 aromatic rings. The molecule has 4 nitrogen and oxygen atoms in total. The largest absolute Gasteiger partial charge is 0.452 e. The lowest BCUT2D eigenvalue weighted by Crippen LogP contribution is -2.66. The molecule has 11 aliphatic carbocycles. The Hall–Kier alpha value is -7.56. The van der Waals surface area contributed by atoms with Crippen LogP contribution in [0.15, 0.2) is 185 Å². The molecule has 2 heterocycles. The van der Waals surface area contributed by atoms with Gasteiger partial charge in [0.15, 0.2) is 11.2 Å². The summed E-state index contributed by atoms with van der Waals surface area (Å²) in [6.07, 6.45) is 20.0. The van der Waals surface area contributed by atoms with E-state index >= 15 is 0 Å². The Morgan fingerprint density at radius 1 is 0.459 bits per heavy atom. The van der Waals surface area contributed by atoms with Crippen molar-refractivity contribution in [2.24, 2.45) is 58.7 Å². The van der Waals surface area contributed by atoms with Gasteiger partial charge in [-0.2, -0.15) is 0 Å². The van der Waals surface area contributed by atoms with Gasteiger partial charge < -0.3 is 18.6 Å². The summed E-state index contributed by atoms with van der Waals surface area (Å²) < 4.78 is 14.3. The maximum Gasteiger partial charge on any atom is 0.178 e. The summed E-state index contributed by atoms with van der Waals surface area (Å²) in [6, 6.07) is 61.5. The second-order valence-corrected chi connectivity index (χ2v) is 30.8. The molecular formula is C81H74N2O2. The van der Waals surface area contributed by atoms with Crippen LogP contribution < -0.4 is 9.80 Å².